The number of aliphatic hydroxyl groups excluding tert-OH is 1. The first-order valence-corrected chi connectivity index (χ1v) is 10.3. The molecule has 1 aliphatic rings. The van der Waals surface area contributed by atoms with Gasteiger partial charge in [0.2, 0.25) is 0 Å². The van der Waals surface area contributed by atoms with Crippen molar-refractivity contribution < 1.29 is 13.5 Å². The second-order valence-corrected chi connectivity index (χ2v) is 9.26. The van der Waals surface area contributed by atoms with Crippen LogP contribution in [0.25, 0.3) is 0 Å². The van der Waals surface area contributed by atoms with Gasteiger partial charge >= 0.3 is 0 Å². The molecule has 1 N–H and O–H groups in total. The van der Waals surface area contributed by atoms with Crippen LogP contribution in [0.2, 0.25) is 0 Å². The van der Waals surface area contributed by atoms with Crippen molar-refractivity contribution in [3.05, 3.63) is 35.9 Å². The minimum Gasteiger partial charge on any atom is -0.395 e. The van der Waals surface area contributed by atoms with Gasteiger partial charge in [0.1, 0.15) is 0 Å². The van der Waals surface area contributed by atoms with Crippen molar-refractivity contribution in [3.63, 3.8) is 0 Å². The van der Waals surface area contributed by atoms with Crippen LogP contribution in [-0.4, -0.2) is 49.1 Å². The molecule has 0 saturated carbocycles. The topological polar surface area (TPSA) is 57.6 Å². The summed E-state index contributed by atoms with van der Waals surface area (Å²) in [6, 6.07) is 10.2. The van der Waals surface area contributed by atoms with Crippen molar-refractivity contribution in [2.75, 3.05) is 24.7 Å². The molecule has 4 nitrogen and oxygen atoms in total. The molecule has 1 heterocycles. The normalized spacial score (nSPS) is 22.4. The van der Waals surface area contributed by atoms with E-state index in [2.05, 4.69) is 30.9 Å². The van der Waals surface area contributed by atoms with E-state index in [0.29, 0.717) is 11.7 Å². The van der Waals surface area contributed by atoms with Crippen LogP contribution >= 0.6 is 0 Å². The summed E-state index contributed by atoms with van der Waals surface area (Å²) in [6.07, 6.45) is 1.72. The SMILES string of the molecule is CC(C)[C@H](CO)N(Cc1ccccc1)C[C@@H]1CCCS(=O)(=O)C1. The Kier molecular flexibility index (Phi) is 6.62. The van der Waals surface area contributed by atoms with Gasteiger partial charge in [0.05, 0.1) is 18.1 Å². The smallest absolute Gasteiger partial charge is 0.150 e. The predicted molar refractivity (Wildman–Crippen MR) is 93.9 cm³/mol. The Balaban J connectivity index is 2.12. The molecule has 1 saturated heterocycles. The summed E-state index contributed by atoms with van der Waals surface area (Å²) < 4.78 is 23.8. The number of aliphatic hydroxyl groups is 1. The summed E-state index contributed by atoms with van der Waals surface area (Å²) in [6.45, 7) is 5.80. The fourth-order valence-electron chi connectivity index (χ4n) is 3.48. The molecule has 2 atom stereocenters. The minimum atomic E-state index is -2.89. The average Bonchev–Trinajstić information content (AvgIpc) is 2.47. The molecule has 0 aliphatic carbocycles. The van der Waals surface area contributed by atoms with Crippen molar-refractivity contribution in [2.45, 2.75) is 39.3 Å². The molecular weight excluding hydrogens is 310 g/mol. The second kappa shape index (κ2) is 8.27. The lowest BCUT2D eigenvalue weighted by Gasteiger charge is -2.36. The van der Waals surface area contributed by atoms with E-state index >= 15 is 0 Å². The zero-order chi connectivity index (χ0) is 16.9. The summed E-state index contributed by atoms with van der Waals surface area (Å²) in [7, 11) is -2.89. The van der Waals surface area contributed by atoms with E-state index in [1.807, 2.05) is 18.2 Å². The molecule has 0 spiro atoms. The summed E-state index contributed by atoms with van der Waals surface area (Å²) in [5.74, 6) is 1.11. The second-order valence-electron chi connectivity index (χ2n) is 7.03. The summed E-state index contributed by atoms with van der Waals surface area (Å²) in [5.41, 5.74) is 1.20. The van der Waals surface area contributed by atoms with Crippen LogP contribution in [0.1, 0.15) is 32.3 Å². The number of rotatable bonds is 7. The van der Waals surface area contributed by atoms with E-state index in [-0.39, 0.29) is 24.3 Å². The van der Waals surface area contributed by atoms with Gasteiger partial charge in [-0.05, 0) is 30.2 Å². The highest BCUT2D eigenvalue weighted by Gasteiger charge is 2.29. The fraction of sp³-hybridized carbons (Fsp3) is 0.667. The summed E-state index contributed by atoms with van der Waals surface area (Å²) >= 11 is 0. The Labute approximate surface area is 140 Å². The van der Waals surface area contributed by atoms with E-state index in [4.69, 9.17) is 0 Å². The van der Waals surface area contributed by atoms with Crippen LogP contribution < -0.4 is 0 Å². The van der Waals surface area contributed by atoms with Gasteiger partial charge in [-0.25, -0.2) is 8.42 Å². The molecule has 0 aromatic heterocycles. The van der Waals surface area contributed by atoms with Crippen LogP contribution in [0.4, 0.5) is 0 Å². The maximum Gasteiger partial charge on any atom is 0.150 e. The molecule has 0 bridgehead atoms. The van der Waals surface area contributed by atoms with E-state index in [1.54, 1.807) is 0 Å². The van der Waals surface area contributed by atoms with Crippen molar-refractivity contribution in [1.82, 2.24) is 4.90 Å². The number of nitrogens with zero attached hydrogens (tertiary/aromatic N) is 1. The molecule has 23 heavy (non-hydrogen) atoms. The van der Waals surface area contributed by atoms with E-state index in [1.165, 1.54) is 5.56 Å². The third kappa shape index (κ3) is 5.59. The van der Waals surface area contributed by atoms with Crippen LogP contribution in [0.3, 0.4) is 0 Å². The minimum absolute atomic E-state index is 0.0554. The van der Waals surface area contributed by atoms with Crippen molar-refractivity contribution >= 4 is 9.84 Å². The largest absolute Gasteiger partial charge is 0.395 e. The molecule has 130 valence electrons. The maximum absolute atomic E-state index is 11.9. The van der Waals surface area contributed by atoms with E-state index < -0.39 is 9.84 Å². The summed E-state index contributed by atoms with van der Waals surface area (Å²) in [4.78, 5) is 2.27. The summed E-state index contributed by atoms with van der Waals surface area (Å²) in [5, 5.41) is 9.82. The molecule has 0 amide bonds. The van der Waals surface area contributed by atoms with Crippen molar-refractivity contribution in [1.29, 1.82) is 0 Å². The van der Waals surface area contributed by atoms with Crippen LogP contribution in [0.15, 0.2) is 30.3 Å². The number of benzene rings is 1. The number of hydrogen-bond donors (Lipinski definition) is 1. The van der Waals surface area contributed by atoms with E-state index in [0.717, 1.165) is 25.9 Å². The molecule has 1 aromatic rings. The Morgan fingerprint density at radius 1 is 1.26 bits per heavy atom. The van der Waals surface area contributed by atoms with Gasteiger partial charge in [0, 0.05) is 19.1 Å². The van der Waals surface area contributed by atoms with E-state index in [9.17, 15) is 13.5 Å². The quantitative estimate of drug-likeness (QED) is 0.828. The number of hydrogen-bond acceptors (Lipinski definition) is 4. The van der Waals surface area contributed by atoms with Crippen LogP contribution in [-0.2, 0) is 16.4 Å². The molecular formula is C18H29NO3S. The predicted octanol–water partition coefficient (Wildman–Crippen LogP) is 2.33. The zero-order valence-electron chi connectivity index (χ0n) is 14.2. The highest BCUT2D eigenvalue weighted by Crippen LogP contribution is 2.23. The maximum atomic E-state index is 11.9. The monoisotopic (exact) mass is 339 g/mol. The molecule has 1 fully saturated rings. The molecule has 5 heteroatoms. The lowest BCUT2D eigenvalue weighted by molar-refractivity contribution is 0.0716. The molecule has 1 aromatic carbocycles. The Morgan fingerprint density at radius 2 is 1.96 bits per heavy atom. The first kappa shape index (κ1) is 18.4. The fourth-order valence-corrected chi connectivity index (χ4v) is 5.24. The van der Waals surface area contributed by atoms with Gasteiger partial charge < -0.3 is 5.11 Å². The lowest BCUT2D eigenvalue weighted by atomic mass is 9.98. The van der Waals surface area contributed by atoms with Gasteiger partial charge in [-0.1, -0.05) is 44.2 Å². The Morgan fingerprint density at radius 3 is 2.52 bits per heavy atom. The van der Waals surface area contributed by atoms with Crippen LogP contribution in [0, 0.1) is 11.8 Å². The van der Waals surface area contributed by atoms with Gasteiger partial charge in [-0.2, -0.15) is 0 Å². The van der Waals surface area contributed by atoms with Gasteiger partial charge in [-0.3, -0.25) is 4.90 Å². The van der Waals surface area contributed by atoms with Crippen molar-refractivity contribution in [3.8, 4) is 0 Å². The van der Waals surface area contributed by atoms with Crippen molar-refractivity contribution in [2.24, 2.45) is 11.8 Å². The standard InChI is InChI=1S/C18H29NO3S/c1-15(2)18(13-20)19(11-16-7-4-3-5-8-16)12-17-9-6-10-23(21,22)14-17/h3-5,7-8,15,17-18,20H,6,9-14H2,1-2H3/t17-,18-/m0/s1. The van der Waals surface area contributed by atoms with Gasteiger partial charge in [0.25, 0.3) is 0 Å². The molecule has 1 aliphatic heterocycles. The molecule has 2 rings (SSSR count). The first-order chi connectivity index (χ1) is 10.9. The highest BCUT2D eigenvalue weighted by molar-refractivity contribution is 7.91. The first-order valence-electron chi connectivity index (χ1n) is 8.50. The molecule has 0 radical (unpaired) electrons. The Hall–Kier alpha value is -0.910. The Bertz CT molecular complexity index is 571. The average molecular weight is 340 g/mol. The van der Waals surface area contributed by atoms with Gasteiger partial charge in [0.15, 0.2) is 9.84 Å². The lowest BCUT2D eigenvalue weighted by Crippen LogP contribution is -2.45. The number of sulfone groups is 1. The zero-order valence-corrected chi connectivity index (χ0v) is 15.0. The van der Waals surface area contributed by atoms with Crippen LogP contribution in [0.5, 0.6) is 0 Å². The third-order valence-electron chi connectivity index (χ3n) is 4.70. The molecule has 0 unspecified atom stereocenters. The third-order valence-corrected chi connectivity index (χ3v) is 6.59. The highest BCUT2D eigenvalue weighted by atomic mass is 32.2. The van der Waals surface area contributed by atoms with Gasteiger partial charge in [-0.15, -0.1) is 0 Å².